The van der Waals surface area contributed by atoms with E-state index in [1.54, 1.807) is 11.3 Å². The largest absolute Gasteiger partial charge is 0.253 e. The molecule has 1 aliphatic carbocycles. The minimum Gasteiger partial charge on any atom is -0.253 e. The molecule has 3 rings (SSSR count). The Morgan fingerprint density at radius 1 is 1.23 bits per heavy atom. The zero-order valence-corrected chi connectivity index (χ0v) is 14.1. The van der Waals surface area contributed by atoms with Gasteiger partial charge in [-0.25, -0.2) is 4.98 Å². The summed E-state index contributed by atoms with van der Waals surface area (Å²) in [6, 6.07) is 8.47. The molecule has 22 heavy (non-hydrogen) atoms. The molecule has 0 amide bonds. The zero-order chi connectivity index (χ0) is 15.4. The van der Waals surface area contributed by atoms with E-state index in [4.69, 9.17) is 0 Å². The van der Waals surface area contributed by atoms with Crippen molar-refractivity contribution in [2.24, 2.45) is 11.0 Å². The van der Waals surface area contributed by atoms with Gasteiger partial charge in [-0.05, 0) is 38.5 Å². The number of benzene rings is 1. The number of rotatable bonds is 4. The quantitative estimate of drug-likeness (QED) is 0.758. The van der Waals surface area contributed by atoms with Crippen molar-refractivity contribution >= 4 is 22.2 Å². The number of nitrogens with zero attached hydrogens (tertiary/aromatic N) is 2. The van der Waals surface area contributed by atoms with Crippen LogP contribution < -0.4 is 5.43 Å². The fraction of sp³-hybridized carbons (Fsp3) is 0.444. The standard InChI is InChI=1S/C18H23N3S/c1-3-14-6-10-16(11-7-14)20-21-18-19-17(12-22-18)15-8-4-13(2)5-9-15/h4-5,8-9,12,14H,3,6-7,10-11H2,1-2H3,(H,19,21). The molecule has 0 atom stereocenters. The highest BCUT2D eigenvalue weighted by Crippen LogP contribution is 2.27. The molecular formula is C18H23N3S. The average Bonchev–Trinajstić information content (AvgIpc) is 3.03. The zero-order valence-electron chi connectivity index (χ0n) is 13.3. The molecule has 0 saturated heterocycles. The molecule has 1 aromatic carbocycles. The van der Waals surface area contributed by atoms with E-state index in [1.807, 2.05) is 0 Å². The van der Waals surface area contributed by atoms with Crippen LogP contribution in [0.5, 0.6) is 0 Å². The lowest BCUT2D eigenvalue weighted by molar-refractivity contribution is 0.429. The summed E-state index contributed by atoms with van der Waals surface area (Å²) in [4.78, 5) is 4.63. The summed E-state index contributed by atoms with van der Waals surface area (Å²) in [7, 11) is 0. The van der Waals surface area contributed by atoms with Crippen molar-refractivity contribution in [3.8, 4) is 11.3 Å². The number of thiazole rings is 1. The van der Waals surface area contributed by atoms with Crippen LogP contribution in [0.4, 0.5) is 5.13 Å². The first-order valence-corrected chi connectivity index (χ1v) is 8.96. The molecule has 1 heterocycles. The second kappa shape index (κ2) is 7.05. The van der Waals surface area contributed by atoms with Crippen molar-refractivity contribution < 1.29 is 0 Å². The predicted octanol–water partition coefficient (Wildman–Crippen LogP) is 5.49. The minimum absolute atomic E-state index is 0.876. The molecule has 0 spiro atoms. The number of hydrazone groups is 1. The van der Waals surface area contributed by atoms with Crippen molar-refractivity contribution in [3.63, 3.8) is 0 Å². The average molecular weight is 313 g/mol. The van der Waals surface area contributed by atoms with Crippen LogP contribution in [-0.4, -0.2) is 10.7 Å². The Bertz CT molecular complexity index is 633. The summed E-state index contributed by atoms with van der Waals surface area (Å²) in [6.45, 7) is 4.38. The summed E-state index contributed by atoms with van der Waals surface area (Å²) in [5, 5.41) is 7.52. The summed E-state index contributed by atoms with van der Waals surface area (Å²) in [5.74, 6) is 0.895. The van der Waals surface area contributed by atoms with Crippen LogP contribution in [0.1, 0.15) is 44.6 Å². The highest BCUT2D eigenvalue weighted by atomic mass is 32.1. The Morgan fingerprint density at radius 2 is 1.95 bits per heavy atom. The van der Waals surface area contributed by atoms with Crippen molar-refractivity contribution in [3.05, 3.63) is 35.2 Å². The van der Waals surface area contributed by atoms with Gasteiger partial charge in [0.2, 0.25) is 5.13 Å². The summed E-state index contributed by atoms with van der Waals surface area (Å²) >= 11 is 1.61. The summed E-state index contributed by atoms with van der Waals surface area (Å²) in [5.41, 5.74) is 7.88. The smallest absolute Gasteiger partial charge is 0.203 e. The van der Waals surface area contributed by atoms with Crippen molar-refractivity contribution in [1.29, 1.82) is 0 Å². The van der Waals surface area contributed by atoms with Gasteiger partial charge in [-0.2, -0.15) is 5.10 Å². The van der Waals surface area contributed by atoms with Crippen LogP contribution in [0.25, 0.3) is 11.3 Å². The predicted molar refractivity (Wildman–Crippen MR) is 95.6 cm³/mol. The van der Waals surface area contributed by atoms with Gasteiger partial charge >= 0.3 is 0 Å². The van der Waals surface area contributed by atoms with Gasteiger partial charge in [-0.3, -0.25) is 5.43 Å². The molecule has 4 heteroatoms. The van der Waals surface area contributed by atoms with Crippen molar-refractivity contribution in [1.82, 2.24) is 4.98 Å². The first kappa shape index (κ1) is 15.2. The summed E-state index contributed by atoms with van der Waals surface area (Å²) < 4.78 is 0. The lowest BCUT2D eigenvalue weighted by Gasteiger charge is -2.21. The lowest BCUT2D eigenvalue weighted by atomic mass is 9.86. The lowest BCUT2D eigenvalue weighted by Crippen LogP contribution is -2.14. The number of aromatic nitrogens is 1. The maximum atomic E-state index is 4.63. The van der Waals surface area contributed by atoms with E-state index in [0.29, 0.717) is 0 Å². The first-order valence-electron chi connectivity index (χ1n) is 8.08. The second-order valence-corrected chi connectivity index (χ2v) is 6.90. The number of aryl methyl sites for hydroxylation is 1. The van der Waals surface area contributed by atoms with Gasteiger partial charge in [0.05, 0.1) is 5.69 Å². The topological polar surface area (TPSA) is 37.3 Å². The monoisotopic (exact) mass is 313 g/mol. The van der Waals surface area contributed by atoms with Crippen LogP contribution in [-0.2, 0) is 0 Å². The maximum absolute atomic E-state index is 4.63. The highest BCUT2D eigenvalue weighted by molar-refractivity contribution is 7.14. The molecule has 3 nitrogen and oxygen atoms in total. The van der Waals surface area contributed by atoms with E-state index in [-0.39, 0.29) is 0 Å². The van der Waals surface area contributed by atoms with Crippen LogP contribution in [0.3, 0.4) is 0 Å². The third-order valence-electron chi connectivity index (χ3n) is 4.42. The van der Waals surface area contributed by atoms with Gasteiger partial charge in [0.1, 0.15) is 0 Å². The second-order valence-electron chi connectivity index (χ2n) is 6.05. The number of nitrogens with one attached hydrogen (secondary N) is 1. The molecule has 1 N–H and O–H groups in total. The van der Waals surface area contributed by atoms with Gasteiger partial charge < -0.3 is 0 Å². The highest BCUT2D eigenvalue weighted by Gasteiger charge is 2.15. The minimum atomic E-state index is 0.876. The molecule has 1 fully saturated rings. The molecule has 1 aliphatic rings. The van der Waals surface area contributed by atoms with Gasteiger partial charge in [0.25, 0.3) is 0 Å². The van der Waals surface area contributed by atoms with Crippen LogP contribution in [0, 0.1) is 12.8 Å². The molecule has 2 aromatic rings. The van der Waals surface area contributed by atoms with E-state index < -0.39 is 0 Å². The Morgan fingerprint density at radius 3 is 2.64 bits per heavy atom. The van der Waals surface area contributed by atoms with Crippen LogP contribution in [0.15, 0.2) is 34.7 Å². The molecular weight excluding hydrogens is 290 g/mol. The Balaban J connectivity index is 1.61. The van der Waals surface area contributed by atoms with E-state index in [9.17, 15) is 0 Å². The summed E-state index contributed by atoms with van der Waals surface area (Å²) in [6.07, 6.45) is 6.11. The third kappa shape index (κ3) is 3.74. The maximum Gasteiger partial charge on any atom is 0.203 e. The molecule has 1 aromatic heterocycles. The number of hydrogen-bond donors (Lipinski definition) is 1. The van der Waals surface area contributed by atoms with Gasteiger partial charge in [0.15, 0.2) is 0 Å². The van der Waals surface area contributed by atoms with Gasteiger partial charge in [0, 0.05) is 16.7 Å². The van der Waals surface area contributed by atoms with E-state index in [1.165, 1.54) is 30.5 Å². The third-order valence-corrected chi connectivity index (χ3v) is 5.17. The molecule has 116 valence electrons. The van der Waals surface area contributed by atoms with Gasteiger partial charge in [-0.1, -0.05) is 43.2 Å². The molecule has 0 radical (unpaired) electrons. The Labute approximate surface area is 136 Å². The SMILES string of the molecule is CCC1CCC(=NNc2nc(-c3ccc(C)cc3)cs2)CC1. The van der Waals surface area contributed by atoms with Crippen molar-refractivity contribution in [2.45, 2.75) is 46.0 Å². The molecule has 0 aliphatic heterocycles. The van der Waals surface area contributed by atoms with E-state index in [0.717, 1.165) is 35.1 Å². The number of hydrogen-bond acceptors (Lipinski definition) is 4. The van der Waals surface area contributed by atoms with Gasteiger partial charge in [-0.15, -0.1) is 11.3 Å². The van der Waals surface area contributed by atoms with E-state index in [2.05, 4.69) is 59.0 Å². The van der Waals surface area contributed by atoms with Crippen LogP contribution in [0.2, 0.25) is 0 Å². The fourth-order valence-electron chi connectivity index (χ4n) is 2.84. The van der Waals surface area contributed by atoms with Crippen LogP contribution >= 0.6 is 11.3 Å². The molecule has 1 saturated carbocycles. The number of anilines is 1. The molecule has 0 bridgehead atoms. The Hall–Kier alpha value is -1.68. The Kier molecular flexibility index (Phi) is 4.88. The van der Waals surface area contributed by atoms with Crippen molar-refractivity contribution in [2.75, 3.05) is 5.43 Å². The first-order chi connectivity index (χ1) is 10.7. The van der Waals surface area contributed by atoms with E-state index >= 15 is 0 Å². The fourth-order valence-corrected chi connectivity index (χ4v) is 3.50. The normalized spacial score (nSPS) is 18.3. The molecule has 0 unspecified atom stereocenters.